The predicted octanol–water partition coefficient (Wildman–Crippen LogP) is 1.63. The minimum Gasteiger partial charge on any atom is -0.383 e. The van der Waals surface area contributed by atoms with E-state index in [1.54, 1.807) is 13.3 Å². The van der Waals surface area contributed by atoms with E-state index in [9.17, 15) is 0 Å². The summed E-state index contributed by atoms with van der Waals surface area (Å²) >= 11 is 0. The van der Waals surface area contributed by atoms with Crippen molar-refractivity contribution in [2.24, 2.45) is 0 Å². The zero-order valence-electron chi connectivity index (χ0n) is 12.6. The average Bonchev–Trinajstić information content (AvgIpc) is 2.46. The van der Waals surface area contributed by atoms with Crippen molar-refractivity contribution < 1.29 is 9.47 Å². The first-order valence-corrected chi connectivity index (χ1v) is 7.27. The fourth-order valence-electron chi connectivity index (χ4n) is 1.98. The lowest BCUT2D eigenvalue weighted by atomic mass is 10.0. The largest absolute Gasteiger partial charge is 0.383 e. The molecule has 0 amide bonds. The van der Waals surface area contributed by atoms with Gasteiger partial charge in [0.1, 0.15) is 5.82 Å². The van der Waals surface area contributed by atoms with Gasteiger partial charge in [-0.05, 0) is 37.4 Å². The number of aromatic nitrogens is 1. The van der Waals surface area contributed by atoms with Crippen LogP contribution in [0.1, 0.15) is 25.3 Å². The molecule has 1 rings (SSSR count). The number of hydrogen-bond acceptors (Lipinski definition) is 5. The smallest absolute Gasteiger partial charge is 0.126 e. The molecule has 0 radical (unpaired) electrons. The van der Waals surface area contributed by atoms with Gasteiger partial charge in [0.05, 0.1) is 13.2 Å². The van der Waals surface area contributed by atoms with Gasteiger partial charge in [-0.3, -0.25) is 0 Å². The summed E-state index contributed by atoms with van der Waals surface area (Å²) in [5, 5.41) is 3.54. The minimum atomic E-state index is 0.365. The Kier molecular flexibility index (Phi) is 8.95. The molecule has 114 valence electrons. The summed E-state index contributed by atoms with van der Waals surface area (Å²) in [6, 6.07) is 4.33. The van der Waals surface area contributed by atoms with Crippen LogP contribution in [0, 0.1) is 0 Å². The van der Waals surface area contributed by atoms with E-state index in [1.165, 1.54) is 0 Å². The standard InChI is InChI=1S/C15H27N3O2/c1-3-7-17-14(6-9-20-11-10-19-2)12-13-5-4-8-18-15(13)16/h4-5,8,14,17H,3,6-7,9-12H2,1-2H3,(H2,16,18). The van der Waals surface area contributed by atoms with Crippen molar-refractivity contribution in [1.29, 1.82) is 0 Å². The first kappa shape index (κ1) is 16.9. The van der Waals surface area contributed by atoms with Gasteiger partial charge in [-0.2, -0.15) is 0 Å². The number of nitrogens with one attached hydrogen (secondary N) is 1. The quantitative estimate of drug-likeness (QED) is 0.603. The molecule has 5 nitrogen and oxygen atoms in total. The highest BCUT2D eigenvalue weighted by atomic mass is 16.5. The second kappa shape index (κ2) is 10.6. The normalized spacial score (nSPS) is 12.5. The third-order valence-electron chi connectivity index (χ3n) is 3.12. The van der Waals surface area contributed by atoms with Gasteiger partial charge in [-0.25, -0.2) is 4.98 Å². The van der Waals surface area contributed by atoms with Crippen LogP contribution in [0.4, 0.5) is 5.82 Å². The molecular formula is C15H27N3O2. The molecule has 1 aromatic rings. The lowest BCUT2D eigenvalue weighted by Gasteiger charge is -2.19. The van der Waals surface area contributed by atoms with Crippen LogP contribution in [0.25, 0.3) is 0 Å². The minimum absolute atomic E-state index is 0.365. The van der Waals surface area contributed by atoms with Crippen molar-refractivity contribution in [1.82, 2.24) is 10.3 Å². The Labute approximate surface area is 121 Å². The molecule has 0 aliphatic carbocycles. The van der Waals surface area contributed by atoms with Gasteiger partial charge in [0, 0.05) is 26.0 Å². The number of rotatable bonds is 11. The van der Waals surface area contributed by atoms with Crippen molar-refractivity contribution in [2.75, 3.05) is 39.2 Å². The number of anilines is 1. The molecule has 0 saturated heterocycles. The third-order valence-corrected chi connectivity index (χ3v) is 3.12. The Hall–Kier alpha value is -1.17. The monoisotopic (exact) mass is 281 g/mol. The maximum atomic E-state index is 5.91. The van der Waals surface area contributed by atoms with Crippen molar-refractivity contribution >= 4 is 5.82 Å². The van der Waals surface area contributed by atoms with E-state index < -0.39 is 0 Å². The summed E-state index contributed by atoms with van der Waals surface area (Å²) in [6.45, 7) is 5.18. The van der Waals surface area contributed by atoms with E-state index in [1.807, 2.05) is 12.1 Å². The van der Waals surface area contributed by atoms with Crippen molar-refractivity contribution in [3.8, 4) is 0 Å². The van der Waals surface area contributed by atoms with Gasteiger partial charge in [0.2, 0.25) is 0 Å². The summed E-state index contributed by atoms with van der Waals surface area (Å²) in [6.07, 6.45) is 4.68. The third kappa shape index (κ3) is 6.84. The van der Waals surface area contributed by atoms with Crippen LogP contribution in [0.5, 0.6) is 0 Å². The van der Waals surface area contributed by atoms with Crippen LogP contribution in [-0.4, -0.2) is 44.5 Å². The number of nitrogen functional groups attached to an aromatic ring is 1. The maximum Gasteiger partial charge on any atom is 0.126 e. The number of ether oxygens (including phenoxy) is 2. The summed E-state index contributed by atoms with van der Waals surface area (Å²) < 4.78 is 10.5. The number of pyridine rings is 1. The topological polar surface area (TPSA) is 69.4 Å². The Morgan fingerprint density at radius 2 is 2.20 bits per heavy atom. The first-order valence-electron chi connectivity index (χ1n) is 7.27. The molecule has 20 heavy (non-hydrogen) atoms. The van der Waals surface area contributed by atoms with Gasteiger partial charge in [-0.15, -0.1) is 0 Å². The molecule has 0 aliphatic rings. The van der Waals surface area contributed by atoms with Crippen LogP contribution >= 0.6 is 0 Å². The first-order chi connectivity index (χ1) is 9.77. The molecule has 1 unspecified atom stereocenters. The van der Waals surface area contributed by atoms with E-state index in [-0.39, 0.29) is 0 Å². The van der Waals surface area contributed by atoms with Crippen LogP contribution in [0.3, 0.4) is 0 Å². The highest BCUT2D eigenvalue weighted by Gasteiger charge is 2.11. The highest BCUT2D eigenvalue weighted by Crippen LogP contribution is 2.11. The van der Waals surface area contributed by atoms with Crippen LogP contribution in [0.2, 0.25) is 0 Å². The highest BCUT2D eigenvalue weighted by molar-refractivity contribution is 5.38. The van der Waals surface area contributed by atoms with Gasteiger partial charge in [0.25, 0.3) is 0 Å². The Morgan fingerprint density at radius 3 is 2.90 bits per heavy atom. The molecule has 1 atom stereocenters. The molecule has 3 N–H and O–H groups in total. The molecule has 5 heteroatoms. The molecule has 1 aromatic heterocycles. The van der Waals surface area contributed by atoms with E-state index in [0.717, 1.165) is 38.0 Å². The number of nitrogens with zero attached hydrogens (tertiary/aromatic N) is 1. The molecule has 0 spiro atoms. The van der Waals surface area contributed by atoms with E-state index in [0.29, 0.717) is 25.1 Å². The fourth-order valence-corrected chi connectivity index (χ4v) is 1.98. The molecule has 0 aliphatic heterocycles. The summed E-state index contributed by atoms with van der Waals surface area (Å²) in [5.41, 5.74) is 7.00. The van der Waals surface area contributed by atoms with E-state index >= 15 is 0 Å². The number of methoxy groups -OCH3 is 1. The Bertz CT molecular complexity index is 361. The van der Waals surface area contributed by atoms with Gasteiger partial charge >= 0.3 is 0 Å². The molecule has 1 heterocycles. The number of hydrogen-bond donors (Lipinski definition) is 2. The van der Waals surface area contributed by atoms with Crippen molar-refractivity contribution in [3.05, 3.63) is 23.9 Å². The zero-order valence-corrected chi connectivity index (χ0v) is 12.6. The molecule has 0 saturated carbocycles. The maximum absolute atomic E-state index is 5.91. The van der Waals surface area contributed by atoms with Gasteiger partial charge < -0.3 is 20.5 Å². The van der Waals surface area contributed by atoms with Crippen LogP contribution in [0.15, 0.2) is 18.3 Å². The predicted molar refractivity (Wildman–Crippen MR) is 81.7 cm³/mol. The SMILES string of the molecule is CCCNC(CCOCCOC)Cc1cccnc1N. The average molecular weight is 281 g/mol. The summed E-state index contributed by atoms with van der Waals surface area (Å²) in [4.78, 5) is 4.14. The Balaban J connectivity index is 2.41. The summed E-state index contributed by atoms with van der Waals surface area (Å²) in [7, 11) is 1.68. The lowest BCUT2D eigenvalue weighted by Crippen LogP contribution is -2.33. The van der Waals surface area contributed by atoms with E-state index in [2.05, 4.69) is 17.2 Å². The van der Waals surface area contributed by atoms with Crippen LogP contribution < -0.4 is 11.1 Å². The molecule has 0 bridgehead atoms. The number of nitrogens with two attached hydrogens (primary N) is 1. The molecule has 0 fully saturated rings. The molecule has 0 aromatic carbocycles. The van der Waals surface area contributed by atoms with Crippen molar-refractivity contribution in [3.63, 3.8) is 0 Å². The fraction of sp³-hybridized carbons (Fsp3) is 0.667. The summed E-state index contributed by atoms with van der Waals surface area (Å²) in [5.74, 6) is 0.621. The van der Waals surface area contributed by atoms with Crippen molar-refractivity contribution in [2.45, 2.75) is 32.2 Å². The second-order valence-electron chi connectivity index (χ2n) is 4.80. The lowest BCUT2D eigenvalue weighted by molar-refractivity contribution is 0.0658. The Morgan fingerprint density at radius 1 is 1.35 bits per heavy atom. The zero-order chi connectivity index (χ0) is 14.6. The molecular weight excluding hydrogens is 254 g/mol. The van der Waals surface area contributed by atoms with Crippen LogP contribution in [-0.2, 0) is 15.9 Å². The second-order valence-corrected chi connectivity index (χ2v) is 4.80. The van der Waals surface area contributed by atoms with Gasteiger partial charge in [0.15, 0.2) is 0 Å². The van der Waals surface area contributed by atoms with Gasteiger partial charge in [-0.1, -0.05) is 13.0 Å². The van der Waals surface area contributed by atoms with E-state index in [4.69, 9.17) is 15.2 Å².